The number of benzene rings is 1. The molecule has 20 heavy (non-hydrogen) atoms. The first-order valence-electron chi connectivity index (χ1n) is 6.82. The summed E-state index contributed by atoms with van der Waals surface area (Å²) in [5.41, 5.74) is 0.924. The molecule has 1 aromatic carbocycles. The molecule has 0 saturated carbocycles. The van der Waals surface area contributed by atoms with Crippen LogP contribution in [0.3, 0.4) is 0 Å². The van der Waals surface area contributed by atoms with Gasteiger partial charge in [0.1, 0.15) is 0 Å². The van der Waals surface area contributed by atoms with Gasteiger partial charge in [0.15, 0.2) is 0 Å². The zero-order chi connectivity index (χ0) is 14.4. The second-order valence-corrected chi connectivity index (χ2v) is 5.02. The van der Waals surface area contributed by atoms with Crippen LogP contribution in [0, 0.1) is 22.5 Å². The molecule has 1 aliphatic heterocycles. The van der Waals surface area contributed by atoms with Crippen LogP contribution in [-0.2, 0) is 6.54 Å². The molecular formula is C15H19N3O2. The molecule has 1 saturated heterocycles. The number of hydrogen-bond donors (Lipinski definition) is 1. The number of nitro benzene ring substituents is 1. The van der Waals surface area contributed by atoms with Crippen LogP contribution < -0.4 is 5.32 Å². The highest BCUT2D eigenvalue weighted by molar-refractivity contribution is 5.39. The Balaban J connectivity index is 1.85. The molecule has 5 heteroatoms. The minimum absolute atomic E-state index is 0.185. The van der Waals surface area contributed by atoms with Crippen molar-refractivity contribution in [1.82, 2.24) is 10.2 Å². The van der Waals surface area contributed by atoms with E-state index in [0.29, 0.717) is 19.1 Å². The van der Waals surface area contributed by atoms with Crippen molar-refractivity contribution in [2.45, 2.75) is 25.4 Å². The molecule has 106 valence electrons. The number of hydrogen-bond acceptors (Lipinski definition) is 4. The minimum atomic E-state index is -0.327. The fraction of sp³-hybridized carbons (Fsp3) is 0.467. The van der Waals surface area contributed by atoms with E-state index in [1.165, 1.54) is 0 Å². The van der Waals surface area contributed by atoms with Crippen LogP contribution in [0.1, 0.15) is 18.4 Å². The Labute approximate surface area is 119 Å². The van der Waals surface area contributed by atoms with Gasteiger partial charge in [0.25, 0.3) is 5.69 Å². The molecule has 1 fully saturated rings. The van der Waals surface area contributed by atoms with Crippen LogP contribution in [0.25, 0.3) is 0 Å². The summed E-state index contributed by atoms with van der Waals surface area (Å²) < 4.78 is 0. The summed E-state index contributed by atoms with van der Waals surface area (Å²) in [6, 6.07) is 7.29. The van der Waals surface area contributed by atoms with Crippen LogP contribution in [0.15, 0.2) is 24.3 Å². The second kappa shape index (κ2) is 7.04. The lowest BCUT2D eigenvalue weighted by molar-refractivity contribution is -0.385. The summed E-state index contributed by atoms with van der Waals surface area (Å²) in [5.74, 6) is 2.66. The van der Waals surface area contributed by atoms with Gasteiger partial charge < -0.3 is 5.32 Å². The van der Waals surface area contributed by atoms with Crippen molar-refractivity contribution in [3.63, 3.8) is 0 Å². The highest BCUT2D eigenvalue weighted by Gasteiger charge is 2.19. The minimum Gasteiger partial charge on any atom is -0.310 e. The van der Waals surface area contributed by atoms with Crippen molar-refractivity contribution in [2.75, 3.05) is 19.6 Å². The normalized spacial score (nSPS) is 16.8. The van der Waals surface area contributed by atoms with Gasteiger partial charge in [0.2, 0.25) is 0 Å². The fourth-order valence-corrected chi connectivity index (χ4v) is 2.52. The quantitative estimate of drug-likeness (QED) is 0.505. The summed E-state index contributed by atoms with van der Waals surface area (Å²) in [6.45, 7) is 3.21. The van der Waals surface area contributed by atoms with Gasteiger partial charge in [-0.2, -0.15) is 0 Å². The van der Waals surface area contributed by atoms with Crippen molar-refractivity contribution >= 4 is 5.69 Å². The van der Waals surface area contributed by atoms with Crippen LogP contribution in [0.5, 0.6) is 0 Å². The monoisotopic (exact) mass is 273 g/mol. The molecule has 0 unspecified atom stereocenters. The number of nitrogens with one attached hydrogen (secondary N) is 1. The molecule has 5 nitrogen and oxygen atoms in total. The third-order valence-corrected chi connectivity index (χ3v) is 3.67. The summed E-state index contributed by atoms with van der Waals surface area (Å²) in [5, 5.41) is 14.4. The average molecular weight is 273 g/mol. The van der Waals surface area contributed by atoms with Crippen LogP contribution in [-0.4, -0.2) is 35.5 Å². The second-order valence-electron chi connectivity index (χ2n) is 5.02. The van der Waals surface area contributed by atoms with Gasteiger partial charge in [-0.1, -0.05) is 24.1 Å². The highest BCUT2D eigenvalue weighted by atomic mass is 16.6. The maximum Gasteiger partial charge on any atom is 0.273 e. The maximum absolute atomic E-state index is 10.9. The zero-order valence-corrected chi connectivity index (χ0v) is 11.4. The van der Waals surface area contributed by atoms with Crippen molar-refractivity contribution in [2.24, 2.45) is 0 Å². The first kappa shape index (κ1) is 14.5. The summed E-state index contributed by atoms with van der Waals surface area (Å²) in [7, 11) is 0. The maximum atomic E-state index is 10.9. The Kier molecular flexibility index (Phi) is 5.10. The van der Waals surface area contributed by atoms with Gasteiger partial charge in [-0.3, -0.25) is 15.0 Å². The molecule has 0 amide bonds. The van der Waals surface area contributed by atoms with E-state index in [-0.39, 0.29) is 10.6 Å². The van der Waals surface area contributed by atoms with Crippen LogP contribution >= 0.6 is 0 Å². The predicted octanol–water partition coefficient (Wildman–Crippen LogP) is 1.78. The Morgan fingerprint density at radius 1 is 1.40 bits per heavy atom. The molecule has 1 aliphatic rings. The molecule has 1 heterocycles. The third-order valence-electron chi connectivity index (χ3n) is 3.67. The molecule has 0 aliphatic carbocycles. The number of terminal acetylenes is 1. The van der Waals surface area contributed by atoms with Gasteiger partial charge in [-0.25, -0.2) is 0 Å². The first-order valence-corrected chi connectivity index (χ1v) is 6.82. The summed E-state index contributed by atoms with van der Waals surface area (Å²) >= 11 is 0. The molecule has 0 aromatic heterocycles. The third kappa shape index (κ3) is 3.80. The van der Waals surface area contributed by atoms with E-state index in [4.69, 9.17) is 6.42 Å². The molecule has 1 N–H and O–H groups in total. The van der Waals surface area contributed by atoms with Gasteiger partial charge in [0.05, 0.1) is 11.5 Å². The van der Waals surface area contributed by atoms with Crippen molar-refractivity contribution < 1.29 is 4.92 Å². The van der Waals surface area contributed by atoms with E-state index in [0.717, 1.165) is 31.5 Å². The Hall–Kier alpha value is -1.90. The van der Waals surface area contributed by atoms with E-state index in [2.05, 4.69) is 16.1 Å². The van der Waals surface area contributed by atoms with Crippen LogP contribution in [0.2, 0.25) is 0 Å². The number of rotatable bonds is 5. The highest BCUT2D eigenvalue weighted by Crippen LogP contribution is 2.18. The average Bonchev–Trinajstić information content (AvgIpc) is 2.47. The predicted molar refractivity (Wildman–Crippen MR) is 78.2 cm³/mol. The lowest BCUT2D eigenvalue weighted by Crippen LogP contribution is -2.42. The van der Waals surface area contributed by atoms with Crippen LogP contribution in [0.4, 0.5) is 5.69 Å². The number of para-hydroxylation sites is 1. The molecule has 0 spiro atoms. The first-order chi connectivity index (χ1) is 9.70. The number of nitrogens with zero attached hydrogens (tertiary/aromatic N) is 2. The van der Waals surface area contributed by atoms with E-state index < -0.39 is 0 Å². The van der Waals surface area contributed by atoms with Crippen molar-refractivity contribution in [3.05, 3.63) is 39.9 Å². The summed E-state index contributed by atoms with van der Waals surface area (Å²) in [6.07, 6.45) is 7.36. The zero-order valence-electron chi connectivity index (χ0n) is 11.4. The molecule has 0 bridgehead atoms. The van der Waals surface area contributed by atoms with Gasteiger partial charge in [0, 0.05) is 37.3 Å². The molecular weight excluding hydrogens is 254 g/mol. The van der Waals surface area contributed by atoms with E-state index in [1.54, 1.807) is 18.2 Å². The lowest BCUT2D eigenvalue weighted by Gasteiger charge is -2.31. The Bertz CT molecular complexity index is 502. The van der Waals surface area contributed by atoms with Gasteiger partial charge in [-0.15, -0.1) is 6.42 Å². The smallest absolute Gasteiger partial charge is 0.273 e. The number of piperidine rings is 1. The topological polar surface area (TPSA) is 58.4 Å². The largest absolute Gasteiger partial charge is 0.310 e. The number of nitro groups is 1. The molecule has 0 atom stereocenters. The molecule has 0 radical (unpaired) electrons. The fourth-order valence-electron chi connectivity index (χ4n) is 2.52. The number of likely N-dealkylation sites (tertiary alicyclic amines) is 1. The van der Waals surface area contributed by atoms with E-state index >= 15 is 0 Å². The SMILES string of the molecule is C#CCN1CCC(NCc2ccccc2[N+](=O)[O-])CC1. The van der Waals surface area contributed by atoms with Gasteiger partial charge in [-0.05, 0) is 12.8 Å². The Morgan fingerprint density at radius 2 is 2.10 bits per heavy atom. The molecule has 2 rings (SSSR count). The lowest BCUT2D eigenvalue weighted by atomic mass is 10.0. The van der Waals surface area contributed by atoms with E-state index in [9.17, 15) is 10.1 Å². The van der Waals surface area contributed by atoms with E-state index in [1.807, 2.05) is 6.07 Å². The Morgan fingerprint density at radius 3 is 2.75 bits per heavy atom. The van der Waals surface area contributed by atoms with Crippen molar-refractivity contribution in [1.29, 1.82) is 0 Å². The van der Waals surface area contributed by atoms with Crippen molar-refractivity contribution in [3.8, 4) is 12.3 Å². The standard InChI is InChI=1S/C15H19N3O2/c1-2-9-17-10-7-14(8-11-17)16-12-13-5-3-4-6-15(13)18(19)20/h1,3-6,14,16H,7-12H2. The molecule has 1 aromatic rings. The van der Waals surface area contributed by atoms with Gasteiger partial charge >= 0.3 is 0 Å². The summed E-state index contributed by atoms with van der Waals surface area (Å²) in [4.78, 5) is 12.9.